The number of hydrogen-bond acceptors (Lipinski definition) is 3. The number of benzene rings is 1. The topological polar surface area (TPSA) is 46.3 Å². The summed E-state index contributed by atoms with van der Waals surface area (Å²) >= 11 is 0. The summed E-state index contributed by atoms with van der Waals surface area (Å²) in [7, 11) is 1.24. The van der Waals surface area contributed by atoms with Gasteiger partial charge in [0.15, 0.2) is 0 Å². The largest absolute Gasteiger partial charge is 0.399 e. The number of nitrogen functional groups attached to an aromatic ring is 1. The molecule has 0 aromatic heterocycles. The Morgan fingerprint density at radius 3 is 2.38 bits per heavy atom. The Balaban J connectivity index is 2.05. The van der Waals surface area contributed by atoms with Crippen molar-refractivity contribution in [3.05, 3.63) is 24.3 Å². The second-order valence-corrected chi connectivity index (χ2v) is 6.10. The van der Waals surface area contributed by atoms with Crippen molar-refractivity contribution in [1.29, 1.82) is 0 Å². The zero-order chi connectivity index (χ0) is 11.5. The number of rotatable bonds is 2. The van der Waals surface area contributed by atoms with Crippen LogP contribution in [-0.4, -0.2) is 34.5 Å². The lowest BCUT2D eigenvalue weighted by atomic mass is 10.1. The van der Waals surface area contributed by atoms with Crippen molar-refractivity contribution in [3.63, 3.8) is 0 Å². The Labute approximate surface area is 99.1 Å². The lowest BCUT2D eigenvalue weighted by molar-refractivity contribution is 0.280. The molecule has 1 saturated heterocycles. The number of nitrogens with two attached hydrogens (primary N) is 1. The summed E-state index contributed by atoms with van der Waals surface area (Å²) in [6, 6.07) is 7.40. The molecule has 1 aliphatic rings. The van der Waals surface area contributed by atoms with Crippen molar-refractivity contribution < 1.29 is 4.21 Å². The molecule has 1 fully saturated rings. The van der Waals surface area contributed by atoms with Crippen LogP contribution in [0.1, 0.15) is 12.8 Å². The molecule has 0 bridgehead atoms. The predicted octanol–water partition coefficient (Wildman–Crippen LogP) is 1.47. The first kappa shape index (κ1) is 11.6. The minimum atomic E-state index is -0.875. The second kappa shape index (κ2) is 4.97. The van der Waals surface area contributed by atoms with E-state index in [2.05, 4.69) is 11.9 Å². The van der Waals surface area contributed by atoms with E-state index in [1.54, 1.807) is 0 Å². The number of hydrogen-bond donors (Lipinski definition) is 1. The van der Waals surface area contributed by atoms with E-state index >= 15 is 0 Å². The van der Waals surface area contributed by atoms with E-state index in [0.29, 0.717) is 5.25 Å². The number of piperidine rings is 1. The minimum Gasteiger partial charge on any atom is -0.399 e. The van der Waals surface area contributed by atoms with Crippen LogP contribution in [0.5, 0.6) is 0 Å². The van der Waals surface area contributed by atoms with Gasteiger partial charge in [0.25, 0.3) is 0 Å². The minimum absolute atomic E-state index is 0.305. The van der Waals surface area contributed by atoms with Gasteiger partial charge in [-0.15, -0.1) is 0 Å². The molecule has 0 saturated carbocycles. The number of anilines is 1. The maximum Gasteiger partial charge on any atom is 0.0561 e. The zero-order valence-corrected chi connectivity index (χ0v) is 10.4. The average molecular weight is 238 g/mol. The summed E-state index contributed by atoms with van der Waals surface area (Å²) in [6.45, 7) is 2.09. The number of likely N-dealkylation sites (tertiary alicyclic amines) is 1. The van der Waals surface area contributed by atoms with Crippen molar-refractivity contribution in [2.75, 3.05) is 25.9 Å². The van der Waals surface area contributed by atoms with Crippen LogP contribution in [0.2, 0.25) is 0 Å². The fourth-order valence-electron chi connectivity index (χ4n) is 1.99. The summed E-state index contributed by atoms with van der Waals surface area (Å²) in [5.41, 5.74) is 6.34. The monoisotopic (exact) mass is 238 g/mol. The lowest BCUT2D eigenvalue weighted by Gasteiger charge is -2.28. The summed E-state index contributed by atoms with van der Waals surface area (Å²) in [5, 5.41) is 0.305. The first-order valence-electron chi connectivity index (χ1n) is 5.61. The van der Waals surface area contributed by atoms with E-state index < -0.39 is 10.8 Å². The van der Waals surface area contributed by atoms with Crippen molar-refractivity contribution in [2.24, 2.45) is 0 Å². The summed E-state index contributed by atoms with van der Waals surface area (Å²) in [4.78, 5) is 3.19. The van der Waals surface area contributed by atoms with Gasteiger partial charge in [-0.1, -0.05) is 0 Å². The summed E-state index contributed by atoms with van der Waals surface area (Å²) < 4.78 is 12.3. The van der Waals surface area contributed by atoms with Gasteiger partial charge in [0, 0.05) is 15.8 Å². The summed E-state index contributed by atoms with van der Waals surface area (Å²) in [6.07, 6.45) is 2.04. The van der Waals surface area contributed by atoms with Gasteiger partial charge < -0.3 is 10.6 Å². The quantitative estimate of drug-likeness (QED) is 0.794. The molecule has 1 heterocycles. The molecule has 16 heavy (non-hydrogen) atoms. The van der Waals surface area contributed by atoms with Gasteiger partial charge in [0.05, 0.1) is 10.8 Å². The molecule has 1 aliphatic heterocycles. The third-order valence-electron chi connectivity index (χ3n) is 3.08. The van der Waals surface area contributed by atoms with E-state index in [1.807, 2.05) is 24.3 Å². The molecular weight excluding hydrogens is 220 g/mol. The highest BCUT2D eigenvalue weighted by atomic mass is 32.2. The van der Waals surface area contributed by atoms with Gasteiger partial charge in [0.2, 0.25) is 0 Å². The summed E-state index contributed by atoms with van der Waals surface area (Å²) in [5.74, 6) is 0. The highest BCUT2D eigenvalue weighted by Gasteiger charge is 2.22. The number of nitrogens with zero attached hydrogens (tertiary/aromatic N) is 1. The van der Waals surface area contributed by atoms with Crippen LogP contribution in [0.15, 0.2) is 29.2 Å². The molecule has 0 unspecified atom stereocenters. The van der Waals surface area contributed by atoms with Gasteiger partial charge in [0.1, 0.15) is 0 Å². The molecule has 88 valence electrons. The molecule has 1 aromatic carbocycles. The SMILES string of the molecule is CN1CCC([S@@](=O)c2ccc(N)cc2)CC1. The molecule has 4 heteroatoms. The highest BCUT2D eigenvalue weighted by molar-refractivity contribution is 7.85. The second-order valence-electron chi connectivity index (χ2n) is 4.37. The highest BCUT2D eigenvalue weighted by Crippen LogP contribution is 2.21. The van der Waals surface area contributed by atoms with Crippen molar-refractivity contribution in [1.82, 2.24) is 4.90 Å². The molecule has 0 radical (unpaired) electrons. The van der Waals surface area contributed by atoms with Crippen LogP contribution in [-0.2, 0) is 10.8 Å². The Hall–Kier alpha value is -0.870. The van der Waals surface area contributed by atoms with E-state index in [-0.39, 0.29) is 0 Å². The van der Waals surface area contributed by atoms with Gasteiger partial charge in [-0.25, -0.2) is 0 Å². The van der Waals surface area contributed by atoms with Crippen LogP contribution in [0.3, 0.4) is 0 Å². The van der Waals surface area contributed by atoms with Crippen molar-refractivity contribution in [3.8, 4) is 0 Å². The standard InChI is InChI=1S/C12H18N2OS/c1-14-8-6-12(7-9-14)16(15)11-4-2-10(13)3-5-11/h2-5,12H,6-9,13H2,1H3/t16-/m0/s1. The van der Waals surface area contributed by atoms with Gasteiger partial charge in [-0.2, -0.15) is 0 Å². The molecule has 1 aromatic rings. The average Bonchev–Trinajstić information content (AvgIpc) is 2.30. The maximum absolute atomic E-state index is 12.3. The van der Waals surface area contributed by atoms with Gasteiger partial charge in [-0.3, -0.25) is 4.21 Å². The van der Waals surface area contributed by atoms with Crippen molar-refractivity contribution in [2.45, 2.75) is 23.0 Å². The van der Waals surface area contributed by atoms with Crippen molar-refractivity contribution >= 4 is 16.5 Å². The third-order valence-corrected chi connectivity index (χ3v) is 4.89. The lowest BCUT2D eigenvalue weighted by Crippen LogP contribution is -2.34. The first-order valence-corrected chi connectivity index (χ1v) is 6.83. The fourth-order valence-corrected chi connectivity index (χ4v) is 3.42. The first-order chi connectivity index (χ1) is 7.66. The van der Waals surface area contributed by atoms with Crippen LogP contribution in [0.4, 0.5) is 5.69 Å². The molecule has 0 aliphatic carbocycles. The fraction of sp³-hybridized carbons (Fsp3) is 0.500. The van der Waals surface area contributed by atoms with Crippen LogP contribution < -0.4 is 5.73 Å². The van der Waals surface area contributed by atoms with E-state index in [0.717, 1.165) is 36.5 Å². The Morgan fingerprint density at radius 1 is 1.25 bits per heavy atom. The molecule has 3 nitrogen and oxygen atoms in total. The Kier molecular flexibility index (Phi) is 3.61. The maximum atomic E-state index is 12.3. The Morgan fingerprint density at radius 2 is 1.81 bits per heavy atom. The van der Waals surface area contributed by atoms with Gasteiger partial charge >= 0.3 is 0 Å². The van der Waals surface area contributed by atoms with Gasteiger partial charge in [-0.05, 0) is 57.2 Å². The normalized spacial score (nSPS) is 20.8. The van der Waals surface area contributed by atoms with Crippen LogP contribution in [0.25, 0.3) is 0 Å². The Bertz CT molecular complexity index is 369. The third kappa shape index (κ3) is 2.62. The predicted molar refractivity (Wildman–Crippen MR) is 67.8 cm³/mol. The van der Waals surface area contributed by atoms with Crippen LogP contribution in [0, 0.1) is 0 Å². The molecule has 1 atom stereocenters. The molecule has 0 spiro atoms. The van der Waals surface area contributed by atoms with E-state index in [4.69, 9.17) is 5.73 Å². The molecule has 0 amide bonds. The zero-order valence-electron chi connectivity index (χ0n) is 9.56. The molecular formula is C12H18N2OS. The van der Waals surface area contributed by atoms with E-state index in [9.17, 15) is 4.21 Å². The van der Waals surface area contributed by atoms with Crippen LogP contribution >= 0.6 is 0 Å². The molecule has 2 N–H and O–H groups in total. The van der Waals surface area contributed by atoms with E-state index in [1.165, 1.54) is 0 Å². The smallest absolute Gasteiger partial charge is 0.0561 e. The molecule has 2 rings (SSSR count).